The van der Waals surface area contributed by atoms with Gasteiger partial charge in [0.05, 0.1) is 6.21 Å². The van der Waals surface area contributed by atoms with Gasteiger partial charge in [0, 0.05) is 22.2 Å². The predicted octanol–water partition coefficient (Wildman–Crippen LogP) is 3.84. The minimum atomic E-state index is -0.408. The summed E-state index contributed by atoms with van der Waals surface area (Å²) in [5.41, 5.74) is 1.18. The van der Waals surface area contributed by atoms with Crippen LogP contribution in [0.5, 0.6) is 0 Å². The van der Waals surface area contributed by atoms with Crippen molar-refractivity contribution in [1.29, 1.82) is 0 Å². The van der Waals surface area contributed by atoms with E-state index in [4.69, 9.17) is 28.0 Å². The molecule has 0 radical (unpaired) electrons. The molecule has 0 aliphatic heterocycles. The molecule has 2 aromatic carbocycles. The van der Waals surface area contributed by atoms with Crippen molar-refractivity contribution in [2.75, 3.05) is 13.2 Å². The van der Waals surface area contributed by atoms with Gasteiger partial charge in [-0.3, -0.25) is 4.79 Å². The average Bonchev–Trinajstić information content (AvgIpc) is 2.55. The van der Waals surface area contributed by atoms with E-state index in [2.05, 4.69) is 10.5 Å². The minimum absolute atomic E-state index is 0.251. The number of carbonyl (C=O) groups excluding carboxylic acids is 1. The van der Waals surface area contributed by atoms with Gasteiger partial charge in [-0.1, -0.05) is 52.6 Å². The van der Waals surface area contributed by atoms with E-state index in [1.807, 2.05) is 6.07 Å². The second kappa shape index (κ2) is 9.25. The first-order valence-electron chi connectivity index (χ1n) is 7.17. The van der Waals surface area contributed by atoms with Gasteiger partial charge in [-0.25, -0.2) is 4.39 Å². The fourth-order valence-electron chi connectivity index (χ4n) is 1.88. The molecule has 0 aliphatic carbocycles. The van der Waals surface area contributed by atoms with Gasteiger partial charge < -0.3 is 10.2 Å². The van der Waals surface area contributed by atoms with Crippen molar-refractivity contribution >= 4 is 35.3 Å². The molecule has 0 heterocycles. The summed E-state index contributed by atoms with van der Waals surface area (Å²) in [6.45, 7) is 0.153. The van der Waals surface area contributed by atoms with Crippen LogP contribution in [0.1, 0.15) is 11.1 Å². The summed E-state index contributed by atoms with van der Waals surface area (Å²) >= 11 is 11.9. The van der Waals surface area contributed by atoms with Crippen molar-refractivity contribution in [1.82, 2.24) is 5.32 Å². The first kappa shape index (κ1) is 18.2. The topological polar surface area (TPSA) is 50.7 Å². The van der Waals surface area contributed by atoms with Gasteiger partial charge in [-0.2, -0.15) is 0 Å². The second-order valence-corrected chi connectivity index (χ2v) is 5.71. The van der Waals surface area contributed by atoms with Crippen LogP contribution in [-0.2, 0) is 16.1 Å². The van der Waals surface area contributed by atoms with Crippen LogP contribution < -0.4 is 5.32 Å². The van der Waals surface area contributed by atoms with Crippen molar-refractivity contribution in [3.05, 3.63) is 69.5 Å². The highest BCUT2D eigenvalue weighted by atomic mass is 35.5. The normalized spacial score (nSPS) is 10.8. The lowest BCUT2D eigenvalue weighted by Crippen LogP contribution is -2.28. The summed E-state index contributed by atoms with van der Waals surface area (Å²) in [7, 11) is 0. The summed E-state index contributed by atoms with van der Waals surface area (Å²) < 4.78 is 13.3. The van der Waals surface area contributed by atoms with Crippen LogP contribution >= 0.6 is 23.2 Å². The molecule has 2 rings (SSSR count). The fourth-order valence-corrected chi connectivity index (χ4v) is 2.38. The number of halogens is 3. The summed E-state index contributed by atoms with van der Waals surface area (Å²) in [4.78, 5) is 16.5. The summed E-state index contributed by atoms with van der Waals surface area (Å²) in [6.07, 6.45) is 1.79. The molecule has 0 saturated carbocycles. The van der Waals surface area contributed by atoms with Crippen molar-refractivity contribution in [2.45, 2.75) is 6.42 Å². The van der Waals surface area contributed by atoms with Crippen LogP contribution in [0.3, 0.4) is 0 Å². The maximum Gasteiger partial charge on any atom is 0.260 e. The molecular weight excluding hydrogens is 354 g/mol. The standard InChI is InChI=1S/C17H15Cl2FN2O2/c18-14-6-5-12(15(19)9-14)7-8-21-17(23)11-24-22-10-13-3-1-2-4-16(13)20/h1-6,9-10H,7-8,11H2,(H,21,23)/b22-10-. The Balaban J connectivity index is 1.69. The molecule has 0 spiro atoms. The number of oxime groups is 1. The number of rotatable bonds is 7. The Morgan fingerprint density at radius 1 is 1.25 bits per heavy atom. The van der Waals surface area contributed by atoms with E-state index in [1.54, 1.807) is 30.3 Å². The molecular formula is C17H15Cl2FN2O2. The Bertz CT molecular complexity index is 738. The van der Waals surface area contributed by atoms with Crippen LogP contribution in [0.4, 0.5) is 4.39 Å². The van der Waals surface area contributed by atoms with Crippen LogP contribution in [0.15, 0.2) is 47.6 Å². The first-order valence-corrected chi connectivity index (χ1v) is 7.92. The lowest BCUT2D eigenvalue weighted by atomic mass is 10.1. The maximum absolute atomic E-state index is 13.3. The molecule has 7 heteroatoms. The van der Waals surface area contributed by atoms with Crippen molar-refractivity contribution in [3.8, 4) is 0 Å². The van der Waals surface area contributed by atoms with Crippen molar-refractivity contribution < 1.29 is 14.0 Å². The molecule has 0 fully saturated rings. The summed E-state index contributed by atoms with van der Waals surface area (Å²) in [6, 6.07) is 11.3. The van der Waals surface area contributed by atoms with Crippen LogP contribution in [0.25, 0.3) is 0 Å². The zero-order chi connectivity index (χ0) is 17.4. The van der Waals surface area contributed by atoms with E-state index < -0.39 is 5.82 Å². The molecule has 0 aliphatic rings. The van der Waals surface area contributed by atoms with Crippen molar-refractivity contribution in [3.63, 3.8) is 0 Å². The molecule has 0 atom stereocenters. The van der Waals surface area contributed by atoms with Gasteiger partial charge in [-0.15, -0.1) is 0 Å². The number of nitrogens with one attached hydrogen (secondary N) is 1. The van der Waals surface area contributed by atoms with Gasteiger partial charge in [0.2, 0.25) is 0 Å². The SMILES string of the molecule is O=C(CO/N=C\c1ccccc1F)NCCc1ccc(Cl)cc1Cl. The third-order valence-corrected chi connectivity index (χ3v) is 3.69. The Hall–Kier alpha value is -2.11. The van der Waals surface area contributed by atoms with Crippen molar-refractivity contribution in [2.24, 2.45) is 5.16 Å². The van der Waals surface area contributed by atoms with E-state index in [0.29, 0.717) is 23.0 Å². The zero-order valence-electron chi connectivity index (χ0n) is 12.6. The molecule has 0 saturated heterocycles. The molecule has 0 unspecified atom stereocenters. The van der Waals surface area contributed by atoms with E-state index in [9.17, 15) is 9.18 Å². The lowest BCUT2D eigenvalue weighted by Gasteiger charge is -2.06. The van der Waals surface area contributed by atoms with Gasteiger partial charge in [0.15, 0.2) is 6.61 Å². The van der Waals surface area contributed by atoms with Gasteiger partial charge >= 0.3 is 0 Å². The fraction of sp³-hybridized carbons (Fsp3) is 0.176. The largest absolute Gasteiger partial charge is 0.386 e. The minimum Gasteiger partial charge on any atom is -0.386 e. The number of carbonyl (C=O) groups is 1. The number of nitrogens with zero attached hydrogens (tertiary/aromatic N) is 1. The van der Waals surface area contributed by atoms with Gasteiger partial charge in [0.25, 0.3) is 5.91 Å². The van der Waals surface area contributed by atoms with Crippen LogP contribution in [0.2, 0.25) is 10.0 Å². The second-order valence-electron chi connectivity index (χ2n) is 4.87. The van der Waals surface area contributed by atoms with Crippen LogP contribution in [0, 0.1) is 5.82 Å². The van der Waals surface area contributed by atoms with Crippen LogP contribution in [-0.4, -0.2) is 25.3 Å². The third kappa shape index (κ3) is 5.83. The third-order valence-electron chi connectivity index (χ3n) is 3.10. The monoisotopic (exact) mass is 368 g/mol. The van der Waals surface area contributed by atoms with Gasteiger partial charge in [0.1, 0.15) is 5.82 Å². The Morgan fingerprint density at radius 2 is 2.04 bits per heavy atom. The summed E-state index contributed by atoms with van der Waals surface area (Å²) in [5, 5.41) is 7.37. The molecule has 0 bridgehead atoms. The van der Waals surface area contributed by atoms with Gasteiger partial charge in [-0.05, 0) is 30.2 Å². The summed E-state index contributed by atoms with van der Waals surface area (Å²) in [5.74, 6) is -0.736. The Morgan fingerprint density at radius 3 is 2.79 bits per heavy atom. The molecule has 24 heavy (non-hydrogen) atoms. The highest BCUT2D eigenvalue weighted by Crippen LogP contribution is 2.20. The molecule has 1 N–H and O–H groups in total. The Labute approximate surface area is 149 Å². The molecule has 4 nitrogen and oxygen atoms in total. The zero-order valence-corrected chi connectivity index (χ0v) is 14.1. The highest BCUT2D eigenvalue weighted by molar-refractivity contribution is 6.35. The van der Waals surface area contributed by atoms with E-state index in [-0.39, 0.29) is 18.1 Å². The number of hydrogen-bond donors (Lipinski definition) is 1. The van der Waals surface area contributed by atoms with E-state index in [0.717, 1.165) is 5.56 Å². The number of amides is 1. The number of hydrogen-bond acceptors (Lipinski definition) is 3. The lowest BCUT2D eigenvalue weighted by molar-refractivity contribution is -0.125. The van der Waals surface area contributed by atoms with E-state index in [1.165, 1.54) is 12.3 Å². The van der Waals surface area contributed by atoms with E-state index >= 15 is 0 Å². The maximum atomic E-state index is 13.3. The smallest absolute Gasteiger partial charge is 0.260 e. The molecule has 0 aromatic heterocycles. The molecule has 2 aromatic rings. The quantitative estimate of drug-likeness (QED) is 0.596. The predicted molar refractivity (Wildman–Crippen MR) is 93.1 cm³/mol. The highest BCUT2D eigenvalue weighted by Gasteiger charge is 2.04. The number of benzene rings is 2. The molecule has 126 valence electrons. The molecule has 1 amide bonds. The first-order chi connectivity index (χ1) is 11.6. The average molecular weight is 369 g/mol. The Kier molecular flexibility index (Phi) is 7.03.